The van der Waals surface area contributed by atoms with Gasteiger partial charge < -0.3 is 4.74 Å². The Morgan fingerprint density at radius 1 is 1.50 bits per heavy atom. The zero-order valence-electron chi connectivity index (χ0n) is 11.8. The number of ether oxygens (including phenoxy) is 1. The van der Waals surface area contributed by atoms with E-state index in [-0.39, 0.29) is 18.0 Å². The van der Waals surface area contributed by atoms with Crippen LogP contribution in [0, 0.1) is 5.82 Å². The van der Waals surface area contributed by atoms with Gasteiger partial charge in [-0.3, -0.25) is 16.2 Å². The van der Waals surface area contributed by atoms with Gasteiger partial charge in [0, 0.05) is 29.2 Å². The molecule has 3 N–H and O–H groups in total. The van der Waals surface area contributed by atoms with E-state index in [9.17, 15) is 4.39 Å². The van der Waals surface area contributed by atoms with Gasteiger partial charge in [-0.1, -0.05) is 15.9 Å². The van der Waals surface area contributed by atoms with Crippen LogP contribution in [-0.4, -0.2) is 36.7 Å². The maximum atomic E-state index is 14.0. The van der Waals surface area contributed by atoms with E-state index in [1.54, 1.807) is 12.1 Å². The second kappa shape index (κ2) is 6.95. The van der Waals surface area contributed by atoms with E-state index >= 15 is 0 Å². The number of hydrazine groups is 1. The average Bonchev–Trinajstić information content (AvgIpc) is 2.44. The van der Waals surface area contributed by atoms with E-state index in [1.165, 1.54) is 6.07 Å². The minimum atomic E-state index is -0.367. The van der Waals surface area contributed by atoms with Gasteiger partial charge in [0.05, 0.1) is 18.8 Å². The predicted molar refractivity (Wildman–Crippen MR) is 80.6 cm³/mol. The fourth-order valence-corrected chi connectivity index (χ4v) is 2.90. The van der Waals surface area contributed by atoms with Crippen LogP contribution in [0.4, 0.5) is 4.39 Å². The molecule has 0 spiro atoms. The van der Waals surface area contributed by atoms with Crippen LogP contribution in [0.3, 0.4) is 0 Å². The smallest absolute Gasteiger partial charge is 0.128 e. The van der Waals surface area contributed by atoms with Crippen LogP contribution in [0.15, 0.2) is 22.7 Å². The van der Waals surface area contributed by atoms with Crippen LogP contribution in [0.5, 0.6) is 0 Å². The van der Waals surface area contributed by atoms with E-state index in [2.05, 4.69) is 40.1 Å². The van der Waals surface area contributed by atoms with Crippen molar-refractivity contribution in [3.63, 3.8) is 0 Å². The largest absolute Gasteiger partial charge is 0.374 e. The van der Waals surface area contributed by atoms with Crippen molar-refractivity contribution in [1.29, 1.82) is 0 Å². The Balaban J connectivity index is 2.21. The molecule has 0 aromatic heterocycles. The van der Waals surface area contributed by atoms with Crippen molar-refractivity contribution in [1.82, 2.24) is 10.3 Å². The molecule has 0 aliphatic carbocycles. The monoisotopic (exact) mass is 345 g/mol. The summed E-state index contributed by atoms with van der Waals surface area (Å²) >= 11 is 3.37. The van der Waals surface area contributed by atoms with Gasteiger partial charge in [-0.25, -0.2) is 4.39 Å². The van der Waals surface area contributed by atoms with E-state index in [0.29, 0.717) is 18.2 Å². The molecular weight excluding hydrogens is 325 g/mol. The van der Waals surface area contributed by atoms with Gasteiger partial charge in [0.1, 0.15) is 5.82 Å². The molecule has 1 aliphatic heterocycles. The maximum absolute atomic E-state index is 14.0. The third kappa shape index (κ3) is 3.56. The van der Waals surface area contributed by atoms with E-state index in [1.807, 2.05) is 0 Å². The summed E-state index contributed by atoms with van der Waals surface area (Å²) in [7, 11) is 0. The summed E-state index contributed by atoms with van der Waals surface area (Å²) in [6.07, 6.45) is -0.167. The first-order chi connectivity index (χ1) is 9.52. The first-order valence-electron chi connectivity index (χ1n) is 6.79. The summed E-state index contributed by atoms with van der Waals surface area (Å²) in [5, 5.41) is 0. The maximum Gasteiger partial charge on any atom is 0.128 e. The third-order valence-corrected chi connectivity index (χ3v) is 4.19. The number of nitrogens with two attached hydrogens (primary N) is 1. The van der Waals surface area contributed by atoms with Crippen molar-refractivity contribution in [2.24, 2.45) is 5.84 Å². The van der Waals surface area contributed by atoms with Crippen LogP contribution in [0.2, 0.25) is 0 Å². The van der Waals surface area contributed by atoms with Gasteiger partial charge in [-0.15, -0.1) is 0 Å². The fourth-order valence-electron chi connectivity index (χ4n) is 2.52. The lowest BCUT2D eigenvalue weighted by molar-refractivity contribution is -0.0566. The van der Waals surface area contributed by atoms with Gasteiger partial charge in [0.15, 0.2) is 0 Å². The highest BCUT2D eigenvalue weighted by atomic mass is 79.9. The lowest BCUT2D eigenvalue weighted by Crippen LogP contribution is -2.51. The summed E-state index contributed by atoms with van der Waals surface area (Å²) in [6.45, 7) is 6.56. The first kappa shape index (κ1) is 15.9. The zero-order chi connectivity index (χ0) is 14.7. The Hall–Kier alpha value is -0.530. The van der Waals surface area contributed by atoms with Crippen LogP contribution < -0.4 is 11.3 Å². The Kier molecular flexibility index (Phi) is 5.51. The number of nitrogens with zero attached hydrogens (tertiary/aromatic N) is 1. The first-order valence-corrected chi connectivity index (χ1v) is 7.59. The van der Waals surface area contributed by atoms with Crippen LogP contribution in [-0.2, 0) is 4.74 Å². The molecule has 1 aromatic carbocycles. The molecule has 4 nitrogen and oxygen atoms in total. The number of hydrogen-bond acceptors (Lipinski definition) is 4. The predicted octanol–water partition coefficient (Wildman–Crippen LogP) is 2.20. The van der Waals surface area contributed by atoms with Crippen LogP contribution in [0.1, 0.15) is 25.5 Å². The van der Waals surface area contributed by atoms with Crippen molar-refractivity contribution in [2.75, 3.05) is 19.7 Å². The van der Waals surface area contributed by atoms with Gasteiger partial charge in [0.25, 0.3) is 0 Å². The van der Waals surface area contributed by atoms with Gasteiger partial charge >= 0.3 is 0 Å². The number of hydrogen-bond donors (Lipinski definition) is 2. The summed E-state index contributed by atoms with van der Waals surface area (Å²) in [6, 6.07) is 4.93. The number of morpholine rings is 1. The summed E-state index contributed by atoms with van der Waals surface area (Å²) < 4.78 is 20.7. The molecule has 0 saturated carbocycles. The second-order valence-electron chi connectivity index (χ2n) is 5.31. The Bertz CT molecular complexity index is 458. The minimum Gasteiger partial charge on any atom is -0.374 e. The standard InChI is InChI=1S/C14H21BrFN3O/c1-9(2)19-5-6-20-13(8-19)14(18-17)11-7-10(15)3-4-12(11)16/h3-4,7,9,13-14,18H,5-6,8,17H2,1-2H3. The highest BCUT2D eigenvalue weighted by Gasteiger charge is 2.31. The summed E-state index contributed by atoms with van der Waals surface area (Å²) in [5.74, 6) is 5.37. The molecule has 0 amide bonds. The SMILES string of the molecule is CC(C)N1CCOC(C(NN)c2cc(Br)ccc2F)C1. The van der Waals surface area contributed by atoms with Crippen molar-refractivity contribution in [2.45, 2.75) is 32.0 Å². The molecule has 1 aliphatic rings. The fraction of sp³-hybridized carbons (Fsp3) is 0.571. The minimum absolute atomic E-state index is 0.167. The highest BCUT2D eigenvalue weighted by Crippen LogP contribution is 2.27. The second-order valence-corrected chi connectivity index (χ2v) is 6.22. The topological polar surface area (TPSA) is 50.5 Å². The molecule has 1 fully saturated rings. The van der Waals surface area contributed by atoms with Crippen LogP contribution in [0.25, 0.3) is 0 Å². The molecule has 2 atom stereocenters. The zero-order valence-corrected chi connectivity index (χ0v) is 13.4. The Labute approximate surface area is 127 Å². The lowest BCUT2D eigenvalue weighted by atomic mass is 9.99. The van der Waals surface area contributed by atoms with Crippen molar-refractivity contribution < 1.29 is 9.13 Å². The molecule has 1 aromatic rings. The molecule has 6 heteroatoms. The highest BCUT2D eigenvalue weighted by molar-refractivity contribution is 9.10. The molecule has 20 heavy (non-hydrogen) atoms. The van der Waals surface area contributed by atoms with Gasteiger partial charge in [0.2, 0.25) is 0 Å². The summed E-state index contributed by atoms with van der Waals surface area (Å²) in [5.41, 5.74) is 3.23. The normalized spacial score (nSPS) is 22.2. The molecule has 0 radical (unpaired) electrons. The number of halogens is 2. The van der Waals surface area contributed by atoms with E-state index in [4.69, 9.17) is 10.6 Å². The quantitative estimate of drug-likeness (QED) is 0.648. The lowest BCUT2D eigenvalue weighted by Gasteiger charge is -2.38. The van der Waals surface area contributed by atoms with E-state index < -0.39 is 0 Å². The summed E-state index contributed by atoms with van der Waals surface area (Å²) in [4.78, 5) is 2.31. The average molecular weight is 346 g/mol. The molecule has 2 unspecified atom stereocenters. The number of rotatable bonds is 4. The van der Waals surface area contributed by atoms with E-state index in [0.717, 1.165) is 17.6 Å². The van der Waals surface area contributed by atoms with Crippen LogP contribution >= 0.6 is 15.9 Å². The molecule has 112 valence electrons. The van der Waals surface area contributed by atoms with Gasteiger partial charge in [-0.2, -0.15) is 0 Å². The molecular formula is C14H21BrFN3O. The Morgan fingerprint density at radius 2 is 2.25 bits per heavy atom. The number of nitrogens with one attached hydrogen (secondary N) is 1. The molecule has 1 saturated heterocycles. The van der Waals surface area contributed by atoms with Crippen molar-refractivity contribution in [3.8, 4) is 0 Å². The molecule has 1 heterocycles. The Morgan fingerprint density at radius 3 is 2.90 bits per heavy atom. The molecule has 2 rings (SSSR count). The van der Waals surface area contributed by atoms with Gasteiger partial charge in [-0.05, 0) is 32.0 Å². The van der Waals surface area contributed by atoms with Crippen molar-refractivity contribution >= 4 is 15.9 Å². The molecule has 0 bridgehead atoms. The van der Waals surface area contributed by atoms with Crippen molar-refractivity contribution in [3.05, 3.63) is 34.1 Å². The third-order valence-electron chi connectivity index (χ3n) is 3.70. The number of benzene rings is 1.